The molecule has 2 aliphatic carbocycles. The molecule has 2 aromatic heterocycles. The maximum atomic E-state index is 4.99. The Morgan fingerprint density at radius 3 is 0.933 bits per heavy atom. The molecule has 0 atom stereocenters. The van der Waals surface area contributed by atoms with E-state index in [1.165, 1.54) is 83.1 Å². The summed E-state index contributed by atoms with van der Waals surface area (Å²) < 4.78 is 0. The van der Waals surface area contributed by atoms with Crippen LogP contribution in [-0.4, -0.2) is 29.9 Å². The molecule has 0 radical (unpaired) electrons. The summed E-state index contributed by atoms with van der Waals surface area (Å²) in [6, 6.07) is 133. The van der Waals surface area contributed by atoms with Gasteiger partial charge in [-0.25, -0.2) is 29.9 Å². The molecule has 0 unspecified atom stereocenters. The van der Waals surface area contributed by atoms with Crippen LogP contribution in [0.3, 0.4) is 0 Å². The van der Waals surface area contributed by atoms with E-state index in [1.807, 2.05) is 121 Å². The van der Waals surface area contributed by atoms with Crippen LogP contribution in [0.2, 0.25) is 0 Å². The number of fused-ring (bicyclic) bond motifs is 8. The van der Waals surface area contributed by atoms with E-state index in [0.29, 0.717) is 34.9 Å². The van der Waals surface area contributed by atoms with E-state index in [4.69, 9.17) is 29.9 Å². The zero-order valence-electron chi connectivity index (χ0n) is 57.5. The fraction of sp³-hybridized carbons (Fsp3) is 0.0408. The van der Waals surface area contributed by atoms with E-state index < -0.39 is 5.41 Å². The molecule has 0 N–H and O–H groups in total. The lowest BCUT2D eigenvalue weighted by atomic mass is 9.67. The SMILES string of the molecule is CC1(C)c2cc(-c3cccc(-c4cccc(-c5nc(-c6ccccc6)nc(-c6ccccc6)n5)c4)c3)ccc2-c2c1ccc1ccccc21.c1ccc(-c2nc(-c3ccccc3)nc(-c3cccc(-c4cccc(-c5ccc6c(c5)C(c5ccccc5)(c5ccccc5)c5ccccc5-6)c4)c3)n2)cc1. The van der Waals surface area contributed by atoms with Crippen molar-refractivity contribution >= 4 is 10.8 Å². The standard InChI is InChI=1S/C52H35N3.C46H33N3/c1-5-17-36(18-6-1)49-53-50(37-19-7-2-8-20-37)55-51(54-49)42-24-16-23-40(34-42)38-21-15-22-39(33-38)41-31-32-46-45-29-13-14-30-47(45)52(48(46)35-41,43-25-9-3-10-26-43)44-27-11-4-12-28-44;1-46(2)40-26-24-30-13-9-10-22-38(30)42(40)39-25-23-36(29-41(39)46)34-19-11-18-33(27-34)35-20-12-21-37(28-35)45-48-43(31-14-5-3-6-15-31)47-44(49-45)32-16-7-4-8-17-32/h1-35H;3-29H,1-2H3. The van der Waals surface area contributed by atoms with Crippen LogP contribution in [-0.2, 0) is 10.8 Å². The fourth-order valence-corrected chi connectivity index (χ4v) is 15.6. The van der Waals surface area contributed by atoms with E-state index in [9.17, 15) is 0 Å². The van der Waals surface area contributed by atoms with E-state index in [0.717, 1.165) is 61.2 Å². The normalized spacial score (nSPS) is 12.7. The van der Waals surface area contributed by atoms with Crippen molar-refractivity contribution in [2.45, 2.75) is 24.7 Å². The molecule has 0 amide bonds. The maximum Gasteiger partial charge on any atom is 0.164 e. The molecule has 0 spiro atoms. The smallest absolute Gasteiger partial charge is 0.164 e. The van der Waals surface area contributed by atoms with Gasteiger partial charge in [0.15, 0.2) is 34.9 Å². The van der Waals surface area contributed by atoms with E-state index in [1.54, 1.807) is 0 Å². The quantitative estimate of drug-likeness (QED) is 0.121. The summed E-state index contributed by atoms with van der Waals surface area (Å²) in [7, 11) is 0. The van der Waals surface area contributed by atoms with Gasteiger partial charge in [0.1, 0.15) is 0 Å². The van der Waals surface area contributed by atoms with Crippen molar-refractivity contribution in [3.63, 3.8) is 0 Å². The van der Waals surface area contributed by atoms with Gasteiger partial charge in [-0.3, -0.25) is 0 Å². The highest BCUT2D eigenvalue weighted by Crippen LogP contribution is 2.57. The molecule has 0 saturated carbocycles. The van der Waals surface area contributed by atoms with E-state index >= 15 is 0 Å². The van der Waals surface area contributed by atoms with Crippen LogP contribution in [0.4, 0.5) is 0 Å². The minimum Gasteiger partial charge on any atom is -0.208 e. The van der Waals surface area contributed by atoms with Crippen molar-refractivity contribution in [2.75, 3.05) is 0 Å². The molecule has 0 fully saturated rings. The van der Waals surface area contributed by atoms with Gasteiger partial charge in [-0.15, -0.1) is 0 Å². The third kappa shape index (κ3) is 11.5. The molecule has 0 bridgehead atoms. The first-order valence-electron chi connectivity index (χ1n) is 35.5. The number of benzene rings is 15. The van der Waals surface area contributed by atoms with Gasteiger partial charge < -0.3 is 0 Å². The monoisotopic (exact) mass is 1330 g/mol. The van der Waals surface area contributed by atoms with Gasteiger partial charge in [0.05, 0.1) is 5.41 Å². The molecule has 0 aliphatic heterocycles. The molecule has 2 aliphatic rings. The summed E-state index contributed by atoms with van der Waals surface area (Å²) in [5.74, 6) is 3.91. The second-order valence-corrected chi connectivity index (χ2v) is 27.3. The lowest BCUT2D eigenvalue weighted by Crippen LogP contribution is -2.28. The first-order valence-corrected chi connectivity index (χ1v) is 35.5. The van der Waals surface area contributed by atoms with Crippen molar-refractivity contribution in [2.24, 2.45) is 0 Å². The molecular formula is C98H68N6. The summed E-state index contributed by atoms with van der Waals surface area (Å²) >= 11 is 0. The number of hydrogen-bond donors (Lipinski definition) is 0. The average Bonchev–Trinajstić information content (AvgIpc) is 1.54. The highest BCUT2D eigenvalue weighted by molar-refractivity contribution is 6.03. The molecule has 104 heavy (non-hydrogen) atoms. The highest BCUT2D eigenvalue weighted by Gasteiger charge is 2.46. The highest BCUT2D eigenvalue weighted by atomic mass is 15.0. The molecular weight excluding hydrogens is 1260 g/mol. The van der Waals surface area contributed by atoms with Crippen LogP contribution in [0.1, 0.15) is 47.2 Å². The van der Waals surface area contributed by atoms with E-state index in [-0.39, 0.29) is 5.41 Å². The van der Waals surface area contributed by atoms with Gasteiger partial charge >= 0.3 is 0 Å². The zero-order chi connectivity index (χ0) is 69.6. The Morgan fingerprint density at radius 2 is 0.500 bits per heavy atom. The number of hydrogen-bond acceptors (Lipinski definition) is 6. The molecule has 2 heterocycles. The Kier molecular flexibility index (Phi) is 16.1. The third-order valence-corrected chi connectivity index (χ3v) is 20.7. The van der Waals surface area contributed by atoms with Crippen molar-refractivity contribution < 1.29 is 0 Å². The third-order valence-electron chi connectivity index (χ3n) is 20.7. The minimum absolute atomic E-state index is 0.0849. The van der Waals surface area contributed by atoms with Crippen molar-refractivity contribution in [3.8, 4) is 135 Å². The maximum absolute atomic E-state index is 4.99. The van der Waals surface area contributed by atoms with Crippen LogP contribution in [0.15, 0.2) is 376 Å². The van der Waals surface area contributed by atoms with Crippen LogP contribution in [0.25, 0.3) is 146 Å². The minimum atomic E-state index is -0.446. The fourth-order valence-electron chi connectivity index (χ4n) is 15.6. The van der Waals surface area contributed by atoms with Crippen LogP contribution in [0, 0.1) is 0 Å². The van der Waals surface area contributed by atoms with Crippen LogP contribution < -0.4 is 0 Å². The van der Waals surface area contributed by atoms with Crippen LogP contribution in [0.5, 0.6) is 0 Å². The largest absolute Gasteiger partial charge is 0.208 e. The Balaban J connectivity index is 0.000000149. The molecule has 19 rings (SSSR count). The van der Waals surface area contributed by atoms with Gasteiger partial charge in [-0.2, -0.15) is 0 Å². The number of nitrogens with zero attached hydrogens (tertiary/aromatic N) is 6. The molecule has 0 saturated heterocycles. The van der Waals surface area contributed by atoms with Gasteiger partial charge in [-0.05, 0) is 147 Å². The molecule has 17 aromatic rings. The zero-order valence-corrected chi connectivity index (χ0v) is 57.5. The van der Waals surface area contributed by atoms with Crippen molar-refractivity contribution in [1.82, 2.24) is 29.9 Å². The predicted molar refractivity (Wildman–Crippen MR) is 426 cm³/mol. The van der Waals surface area contributed by atoms with Gasteiger partial charge in [0.2, 0.25) is 0 Å². The summed E-state index contributed by atoms with van der Waals surface area (Å²) in [4.78, 5) is 29.7. The summed E-state index contributed by atoms with van der Waals surface area (Å²) in [5.41, 5.74) is 27.6. The van der Waals surface area contributed by atoms with Crippen molar-refractivity contribution in [1.29, 1.82) is 0 Å². The molecule has 6 heteroatoms. The van der Waals surface area contributed by atoms with Gasteiger partial charge in [-0.1, -0.05) is 354 Å². The number of aromatic nitrogens is 6. The van der Waals surface area contributed by atoms with Crippen molar-refractivity contribution in [3.05, 3.63) is 409 Å². The second-order valence-electron chi connectivity index (χ2n) is 27.3. The predicted octanol–water partition coefficient (Wildman–Crippen LogP) is 24.2. The summed E-state index contributed by atoms with van der Waals surface area (Å²) in [6.45, 7) is 4.71. The molecule has 490 valence electrons. The second kappa shape index (κ2) is 26.6. The van der Waals surface area contributed by atoms with Gasteiger partial charge in [0, 0.05) is 38.8 Å². The lowest BCUT2D eigenvalue weighted by Gasteiger charge is -2.34. The number of rotatable bonds is 12. The first-order chi connectivity index (χ1) is 51.3. The Labute approximate surface area is 606 Å². The summed E-state index contributed by atoms with van der Waals surface area (Å²) in [6.07, 6.45) is 0. The topological polar surface area (TPSA) is 77.3 Å². The van der Waals surface area contributed by atoms with E-state index in [2.05, 4.69) is 269 Å². The average molecular weight is 1330 g/mol. The molecule has 6 nitrogen and oxygen atoms in total. The van der Waals surface area contributed by atoms with Gasteiger partial charge in [0.25, 0.3) is 0 Å². The summed E-state index contributed by atoms with van der Waals surface area (Å²) in [5, 5.41) is 2.61. The molecule has 15 aromatic carbocycles. The Morgan fingerprint density at radius 1 is 0.192 bits per heavy atom. The first kappa shape index (κ1) is 62.8. The Hall–Kier alpha value is -13.4. The Bertz CT molecular complexity index is 5900. The van der Waals surface area contributed by atoms with Crippen LogP contribution >= 0.6 is 0 Å². The lowest BCUT2D eigenvalue weighted by molar-refractivity contribution is 0.661.